The number of pyridine rings is 2. The summed E-state index contributed by atoms with van der Waals surface area (Å²) in [6.45, 7) is 0. The molecule has 1 unspecified atom stereocenters. The first kappa shape index (κ1) is 12.0. The highest BCUT2D eigenvalue weighted by atomic mass is 35.5. The molecule has 0 amide bonds. The van der Waals surface area contributed by atoms with Crippen molar-refractivity contribution in [1.82, 2.24) is 15.4 Å². The monoisotopic (exact) mass is 248 g/mol. The standard InChI is InChI=1S/C12H13ClN4/c13-10-8-15-6-4-9(10)7-12(17-14)11-3-1-2-5-16-11/h1-6,8,12,17H,7,14H2. The van der Waals surface area contributed by atoms with E-state index in [1.54, 1.807) is 18.6 Å². The van der Waals surface area contributed by atoms with Gasteiger partial charge in [-0.3, -0.25) is 21.2 Å². The zero-order valence-corrected chi connectivity index (χ0v) is 9.93. The molecule has 0 bridgehead atoms. The number of aromatic nitrogens is 2. The largest absolute Gasteiger partial charge is 0.271 e. The Labute approximate surface area is 105 Å². The first-order valence-electron chi connectivity index (χ1n) is 5.26. The predicted molar refractivity (Wildman–Crippen MR) is 67.3 cm³/mol. The Morgan fingerprint density at radius 3 is 2.82 bits per heavy atom. The van der Waals surface area contributed by atoms with E-state index in [9.17, 15) is 0 Å². The van der Waals surface area contributed by atoms with E-state index in [-0.39, 0.29) is 6.04 Å². The number of nitrogens with zero attached hydrogens (tertiary/aromatic N) is 2. The predicted octanol–water partition coefficient (Wildman–Crippen LogP) is 1.88. The van der Waals surface area contributed by atoms with Gasteiger partial charge in [-0.05, 0) is 30.2 Å². The second-order valence-corrected chi connectivity index (χ2v) is 4.05. The van der Waals surface area contributed by atoms with Gasteiger partial charge in [0.15, 0.2) is 0 Å². The van der Waals surface area contributed by atoms with Crippen molar-refractivity contribution in [1.29, 1.82) is 0 Å². The molecule has 2 heterocycles. The van der Waals surface area contributed by atoms with Gasteiger partial charge in [0, 0.05) is 18.6 Å². The molecular formula is C12H13ClN4. The fourth-order valence-electron chi connectivity index (χ4n) is 1.62. The summed E-state index contributed by atoms with van der Waals surface area (Å²) in [4.78, 5) is 8.23. The lowest BCUT2D eigenvalue weighted by Gasteiger charge is -2.15. The normalized spacial score (nSPS) is 12.4. The third-order valence-corrected chi connectivity index (χ3v) is 2.87. The van der Waals surface area contributed by atoms with Gasteiger partial charge in [0.1, 0.15) is 0 Å². The Hall–Kier alpha value is -1.49. The fourth-order valence-corrected chi connectivity index (χ4v) is 1.82. The summed E-state index contributed by atoms with van der Waals surface area (Å²) < 4.78 is 0. The molecule has 0 saturated carbocycles. The number of hydrogen-bond donors (Lipinski definition) is 2. The highest BCUT2D eigenvalue weighted by Crippen LogP contribution is 2.20. The Morgan fingerprint density at radius 1 is 1.29 bits per heavy atom. The number of hydrogen-bond acceptors (Lipinski definition) is 4. The van der Waals surface area contributed by atoms with Crippen molar-refractivity contribution in [2.75, 3.05) is 0 Å². The van der Waals surface area contributed by atoms with E-state index in [4.69, 9.17) is 17.4 Å². The van der Waals surface area contributed by atoms with Crippen LogP contribution < -0.4 is 11.3 Å². The quantitative estimate of drug-likeness (QED) is 0.641. The molecule has 0 aliphatic carbocycles. The molecule has 1 atom stereocenters. The molecule has 88 valence electrons. The smallest absolute Gasteiger partial charge is 0.0672 e. The van der Waals surface area contributed by atoms with Crippen molar-refractivity contribution in [3.63, 3.8) is 0 Å². The minimum absolute atomic E-state index is 0.0592. The summed E-state index contributed by atoms with van der Waals surface area (Å²) in [5.74, 6) is 5.55. The summed E-state index contributed by atoms with van der Waals surface area (Å²) in [6.07, 6.45) is 5.76. The zero-order valence-electron chi connectivity index (χ0n) is 9.18. The summed E-state index contributed by atoms with van der Waals surface area (Å²) in [6, 6.07) is 7.56. The molecule has 0 aromatic carbocycles. The van der Waals surface area contributed by atoms with Crippen LogP contribution in [0.3, 0.4) is 0 Å². The van der Waals surface area contributed by atoms with E-state index in [1.165, 1.54) is 0 Å². The van der Waals surface area contributed by atoms with E-state index in [0.29, 0.717) is 11.4 Å². The van der Waals surface area contributed by atoms with E-state index in [0.717, 1.165) is 11.3 Å². The number of nitrogens with one attached hydrogen (secondary N) is 1. The summed E-state index contributed by atoms with van der Waals surface area (Å²) in [5, 5.41) is 0.642. The van der Waals surface area contributed by atoms with Crippen LogP contribution in [0, 0.1) is 0 Å². The number of halogens is 1. The molecule has 3 N–H and O–H groups in total. The minimum Gasteiger partial charge on any atom is -0.271 e. The van der Waals surface area contributed by atoms with Gasteiger partial charge in [-0.2, -0.15) is 0 Å². The lowest BCUT2D eigenvalue weighted by Crippen LogP contribution is -2.30. The molecule has 5 heteroatoms. The number of nitrogens with two attached hydrogens (primary N) is 1. The topological polar surface area (TPSA) is 63.8 Å². The van der Waals surface area contributed by atoms with Crippen molar-refractivity contribution in [2.45, 2.75) is 12.5 Å². The van der Waals surface area contributed by atoms with Crippen LogP contribution in [-0.2, 0) is 6.42 Å². The summed E-state index contributed by atoms with van der Waals surface area (Å²) >= 11 is 6.06. The van der Waals surface area contributed by atoms with Gasteiger partial charge in [-0.15, -0.1) is 0 Å². The van der Waals surface area contributed by atoms with Crippen molar-refractivity contribution >= 4 is 11.6 Å². The van der Waals surface area contributed by atoms with Gasteiger partial charge in [-0.1, -0.05) is 17.7 Å². The zero-order chi connectivity index (χ0) is 12.1. The second-order valence-electron chi connectivity index (χ2n) is 3.65. The summed E-state index contributed by atoms with van der Waals surface area (Å²) in [5.41, 5.74) is 4.64. The average molecular weight is 249 g/mol. The maximum Gasteiger partial charge on any atom is 0.0672 e. The van der Waals surface area contributed by atoms with Crippen LogP contribution >= 0.6 is 11.6 Å². The van der Waals surface area contributed by atoms with Crippen LogP contribution in [0.2, 0.25) is 5.02 Å². The van der Waals surface area contributed by atoms with Crippen molar-refractivity contribution < 1.29 is 0 Å². The van der Waals surface area contributed by atoms with E-state index < -0.39 is 0 Å². The average Bonchev–Trinajstić information content (AvgIpc) is 2.39. The van der Waals surface area contributed by atoms with Crippen molar-refractivity contribution in [2.24, 2.45) is 5.84 Å². The highest BCUT2D eigenvalue weighted by Gasteiger charge is 2.13. The summed E-state index contributed by atoms with van der Waals surface area (Å²) in [7, 11) is 0. The third kappa shape index (κ3) is 3.00. The molecule has 2 aromatic rings. The molecule has 0 aliphatic rings. The van der Waals surface area contributed by atoms with Gasteiger partial charge < -0.3 is 0 Å². The van der Waals surface area contributed by atoms with Crippen LogP contribution in [0.15, 0.2) is 42.9 Å². The van der Waals surface area contributed by atoms with Crippen molar-refractivity contribution in [3.8, 4) is 0 Å². The molecule has 4 nitrogen and oxygen atoms in total. The first-order chi connectivity index (χ1) is 8.31. The Bertz CT molecular complexity index is 475. The Balaban J connectivity index is 2.19. The maximum atomic E-state index is 6.06. The van der Waals surface area contributed by atoms with Crippen LogP contribution in [0.5, 0.6) is 0 Å². The molecule has 0 spiro atoms. The first-order valence-corrected chi connectivity index (χ1v) is 5.64. The number of hydrazine groups is 1. The maximum absolute atomic E-state index is 6.06. The molecule has 0 fully saturated rings. The molecule has 0 radical (unpaired) electrons. The highest BCUT2D eigenvalue weighted by molar-refractivity contribution is 6.31. The Kier molecular flexibility index (Phi) is 4.03. The van der Waals surface area contributed by atoms with Gasteiger partial charge >= 0.3 is 0 Å². The molecule has 0 aliphatic heterocycles. The van der Waals surface area contributed by atoms with Crippen LogP contribution in [0.4, 0.5) is 0 Å². The van der Waals surface area contributed by atoms with Gasteiger partial charge in [0.2, 0.25) is 0 Å². The Morgan fingerprint density at radius 2 is 2.18 bits per heavy atom. The van der Waals surface area contributed by atoms with Crippen LogP contribution in [-0.4, -0.2) is 9.97 Å². The van der Waals surface area contributed by atoms with Gasteiger partial charge in [0.05, 0.1) is 16.8 Å². The van der Waals surface area contributed by atoms with Crippen molar-refractivity contribution in [3.05, 3.63) is 59.1 Å². The van der Waals surface area contributed by atoms with Crippen LogP contribution in [0.1, 0.15) is 17.3 Å². The van der Waals surface area contributed by atoms with Gasteiger partial charge in [-0.25, -0.2) is 0 Å². The third-order valence-electron chi connectivity index (χ3n) is 2.53. The van der Waals surface area contributed by atoms with Crippen LogP contribution in [0.25, 0.3) is 0 Å². The van der Waals surface area contributed by atoms with Gasteiger partial charge in [0.25, 0.3) is 0 Å². The molecule has 17 heavy (non-hydrogen) atoms. The minimum atomic E-state index is -0.0592. The fraction of sp³-hybridized carbons (Fsp3) is 0.167. The lowest BCUT2D eigenvalue weighted by molar-refractivity contribution is 0.538. The number of rotatable bonds is 4. The van der Waals surface area contributed by atoms with E-state index in [1.807, 2.05) is 24.3 Å². The lowest BCUT2D eigenvalue weighted by atomic mass is 10.0. The SMILES string of the molecule is NNC(Cc1ccncc1Cl)c1ccccn1. The van der Waals surface area contributed by atoms with E-state index >= 15 is 0 Å². The molecule has 0 saturated heterocycles. The molecule has 2 rings (SSSR count). The molecular weight excluding hydrogens is 236 g/mol. The molecule has 2 aromatic heterocycles. The second kappa shape index (κ2) is 5.72. The van der Waals surface area contributed by atoms with E-state index in [2.05, 4.69) is 15.4 Å².